The van der Waals surface area contributed by atoms with E-state index in [1.807, 2.05) is 38.4 Å². The van der Waals surface area contributed by atoms with Crippen molar-refractivity contribution in [2.75, 3.05) is 11.9 Å². The van der Waals surface area contributed by atoms with Crippen molar-refractivity contribution >= 4 is 27.9 Å². The third-order valence-corrected chi connectivity index (χ3v) is 4.30. The summed E-state index contributed by atoms with van der Waals surface area (Å²) < 4.78 is 13.9. The van der Waals surface area contributed by atoms with Crippen LogP contribution in [0.2, 0.25) is 0 Å². The number of hydrogen-bond acceptors (Lipinski definition) is 4. The molecule has 0 fully saturated rings. The largest absolute Gasteiger partial charge is 0.367 e. The second-order valence-electron chi connectivity index (χ2n) is 5.16. The number of nitrogens with zero attached hydrogens (tertiary/aromatic N) is 3. The van der Waals surface area contributed by atoms with Gasteiger partial charge in [0, 0.05) is 34.9 Å². The Morgan fingerprint density at radius 1 is 1.19 bits per heavy atom. The molecular weight excluding hydrogens is 285 g/mol. The minimum Gasteiger partial charge on any atom is -0.367 e. The Labute approximate surface area is 127 Å². The van der Waals surface area contributed by atoms with Gasteiger partial charge in [0.1, 0.15) is 16.3 Å². The van der Waals surface area contributed by atoms with Gasteiger partial charge in [-0.25, -0.2) is 14.4 Å². The van der Waals surface area contributed by atoms with Crippen LogP contribution in [0.5, 0.6) is 0 Å². The minimum absolute atomic E-state index is 0.282. The highest BCUT2D eigenvalue weighted by Crippen LogP contribution is 2.28. The predicted molar refractivity (Wildman–Crippen MR) is 85.4 cm³/mol. The van der Waals surface area contributed by atoms with E-state index in [1.165, 1.54) is 6.07 Å². The highest BCUT2D eigenvalue weighted by Gasteiger charge is 2.12. The van der Waals surface area contributed by atoms with Crippen LogP contribution in [0.25, 0.3) is 10.9 Å². The Bertz CT molecular complexity index is 797. The molecule has 3 nitrogen and oxygen atoms in total. The lowest BCUT2D eigenvalue weighted by atomic mass is 10.1. The van der Waals surface area contributed by atoms with Gasteiger partial charge in [-0.15, -0.1) is 11.3 Å². The summed E-state index contributed by atoms with van der Waals surface area (Å²) in [6, 6.07) is 7.06. The van der Waals surface area contributed by atoms with Crippen LogP contribution in [0.3, 0.4) is 0 Å². The summed E-state index contributed by atoms with van der Waals surface area (Å²) in [6.07, 6.45) is 0. The lowest BCUT2D eigenvalue weighted by Crippen LogP contribution is -2.17. The zero-order valence-corrected chi connectivity index (χ0v) is 13.0. The van der Waals surface area contributed by atoms with Crippen LogP contribution in [0.1, 0.15) is 16.4 Å². The number of pyridine rings is 1. The van der Waals surface area contributed by atoms with E-state index in [4.69, 9.17) is 0 Å². The van der Waals surface area contributed by atoms with Crippen LogP contribution >= 0.6 is 11.3 Å². The van der Waals surface area contributed by atoms with Gasteiger partial charge in [0.15, 0.2) is 0 Å². The van der Waals surface area contributed by atoms with E-state index >= 15 is 0 Å². The van der Waals surface area contributed by atoms with Crippen LogP contribution < -0.4 is 4.90 Å². The topological polar surface area (TPSA) is 29.0 Å². The first-order valence-corrected chi connectivity index (χ1v) is 7.60. The molecule has 0 atom stereocenters. The van der Waals surface area contributed by atoms with Crippen molar-refractivity contribution in [2.45, 2.75) is 20.4 Å². The number of fused-ring (bicyclic) bond motifs is 1. The van der Waals surface area contributed by atoms with Crippen molar-refractivity contribution in [3.63, 3.8) is 0 Å². The molecule has 0 spiro atoms. The molecular formula is C16H16FN3S. The van der Waals surface area contributed by atoms with Crippen LogP contribution in [0.4, 0.5) is 10.1 Å². The van der Waals surface area contributed by atoms with E-state index in [0.717, 1.165) is 27.5 Å². The van der Waals surface area contributed by atoms with Gasteiger partial charge < -0.3 is 4.90 Å². The van der Waals surface area contributed by atoms with Gasteiger partial charge in [-0.2, -0.15) is 0 Å². The van der Waals surface area contributed by atoms with E-state index in [1.54, 1.807) is 17.4 Å². The third-order valence-electron chi connectivity index (χ3n) is 3.35. The highest BCUT2D eigenvalue weighted by molar-refractivity contribution is 7.09. The standard InChI is InChI=1S/C16H16FN3S/c1-10-7-14(12-5-4-6-13(17)16(12)19-10)20(3)8-15-18-11(2)9-21-15/h4-7,9H,8H2,1-3H3. The quantitative estimate of drug-likeness (QED) is 0.730. The van der Waals surface area contributed by atoms with Gasteiger partial charge in [0.05, 0.1) is 6.54 Å². The average molecular weight is 301 g/mol. The molecule has 0 saturated carbocycles. The summed E-state index contributed by atoms with van der Waals surface area (Å²) in [5, 5.41) is 3.92. The van der Waals surface area contributed by atoms with Gasteiger partial charge in [0.2, 0.25) is 0 Å². The van der Waals surface area contributed by atoms with Crippen LogP contribution in [-0.2, 0) is 6.54 Å². The third kappa shape index (κ3) is 2.74. The summed E-state index contributed by atoms with van der Waals surface area (Å²) in [7, 11) is 2.00. The molecule has 5 heteroatoms. The number of benzene rings is 1. The lowest BCUT2D eigenvalue weighted by Gasteiger charge is -2.20. The minimum atomic E-state index is -0.282. The SMILES string of the molecule is Cc1csc(CN(C)c2cc(C)nc3c(F)cccc23)n1. The summed E-state index contributed by atoms with van der Waals surface area (Å²) >= 11 is 1.64. The van der Waals surface area contributed by atoms with Gasteiger partial charge in [-0.3, -0.25) is 0 Å². The van der Waals surface area contributed by atoms with Crippen LogP contribution in [0.15, 0.2) is 29.6 Å². The molecule has 108 valence electrons. The van der Waals surface area contributed by atoms with Crippen molar-refractivity contribution < 1.29 is 4.39 Å². The Hall–Kier alpha value is -2.01. The number of aryl methyl sites for hydroxylation is 2. The van der Waals surface area contributed by atoms with E-state index in [2.05, 4.69) is 14.9 Å². The molecule has 0 N–H and O–H groups in total. The Balaban J connectivity index is 2.04. The number of rotatable bonds is 3. The van der Waals surface area contributed by atoms with Gasteiger partial charge >= 0.3 is 0 Å². The average Bonchev–Trinajstić information content (AvgIpc) is 2.84. The van der Waals surface area contributed by atoms with Crippen LogP contribution in [-0.4, -0.2) is 17.0 Å². The second-order valence-corrected chi connectivity index (χ2v) is 6.10. The molecule has 0 bridgehead atoms. The highest BCUT2D eigenvalue weighted by atomic mass is 32.1. The van der Waals surface area contributed by atoms with E-state index in [9.17, 15) is 4.39 Å². The van der Waals surface area contributed by atoms with Crippen molar-refractivity contribution in [1.29, 1.82) is 0 Å². The fourth-order valence-electron chi connectivity index (χ4n) is 2.40. The summed E-state index contributed by atoms with van der Waals surface area (Å²) in [5.74, 6) is -0.282. The van der Waals surface area contributed by atoms with Gasteiger partial charge in [-0.05, 0) is 26.0 Å². The molecule has 0 aliphatic heterocycles. The van der Waals surface area contributed by atoms with Crippen molar-refractivity contribution in [3.05, 3.63) is 51.9 Å². The van der Waals surface area contributed by atoms with Gasteiger partial charge in [-0.1, -0.05) is 12.1 Å². The maximum atomic E-state index is 13.9. The molecule has 2 heterocycles. The maximum Gasteiger partial charge on any atom is 0.149 e. The lowest BCUT2D eigenvalue weighted by molar-refractivity contribution is 0.636. The molecule has 0 unspecified atom stereocenters. The summed E-state index contributed by atoms with van der Waals surface area (Å²) in [6.45, 7) is 4.58. The number of para-hydroxylation sites is 1. The molecule has 1 aromatic carbocycles. The van der Waals surface area contributed by atoms with Crippen molar-refractivity contribution in [2.24, 2.45) is 0 Å². The van der Waals surface area contributed by atoms with Gasteiger partial charge in [0.25, 0.3) is 0 Å². The maximum absolute atomic E-state index is 13.9. The monoisotopic (exact) mass is 301 g/mol. The summed E-state index contributed by atoms with van der Waals surface area (Å²) in [5.41, 5.74) is 3.24. The molecule has 3 aromatic rings. The molecule has 0 aliphatic rings. The first kappa shape index (κ1) is 13.9. The normalized spacial score (nSPS) is 11.0. The van der Waals surface area contributed by atoms with Crippen LogP contribution in [0, 0.1) is 19.7 Å². The first-order valence-electron chi connectivity index (χ1n) is 6.72. The molecule has 0 aliphatic carbocycles. The number of aromatic nitrogens is 2. The summed E-state index contributed by atoms with van der Waals surface area (Å²) in [4.78, 5) is 10.9. The first-order chi connectivity index (χ1) is 10.0. The molecule has 0 amide bonds. The number of halogens is 1. The number of anilines is 1. The molecule has 2 aromatic heterocycles. The Kier molecular flexibility index (Phi) is 3.59. The number of thiazole rings is 1. The number of hydrogen-bond donors (Lipinski definition) is 0. The molecule has 3 rings (SSSR count). The zero-order valence-electron chi connectivity index (χ0n) is 12.2. The predicted octanol–water partition coefficient (Wildman–Crippen LogP) is 4.08. The Morgan fingerprint density at radius 2 is 2.00 bits per heavy atom. The molecule has 21 heavy (non-hydrogen) atoms. The fourth-order valence-corrected chi connectivity index (χ4v) is 3.22. The fraction of sp³-hybridized carbons (Fsp3) is 0.250. The van der Waals surface area contributed by atoms with Crippen molar-refractivity contribution in [3.8, 4) is 0 Å². The van der Waals surface area contributed by atoms with E-state index in [0.29, 0.717) is 12.1 Å². The zero-order chi connectivity index (χ0) is 15.0. The molecule has 0 radical (unpaired) electrons. The van der Waals surface area contributed by atoms with Crippen molar-refractivity contribution in [1.82, 2.24) is 9.97 Å². The second kappa shape index (κ2) is 5.41. The Morgan fingerprint density at radius 3 is 2.71 bits per heavy atom. The smallest absolute Gasteiger partial charge is 0.149 e. The van der Waals surface area contributed by atoms with E-state index < -0.39 is 0 Å². The van der Waals surface area contributed by atoms with E-state index in [-0.39, 0.29) is 5.82 Å². The molecule has 0 saturated heterocycles.